The van der Waals surface area contributed by atoms with Crippen molar-refractivity contribution in [2.45, 2.75) is 26.4 Å². The molecule has 2 aromatic rings. The van der Waals surface area contributed by atoms with Crippen LogP contribution in [-0.2, 0) is 6.54 Å². The molecule has 0 radical (unpaired) electrons. The van der Waals surface area contributed by atoms with Gasteiger partial charge in [-0.25, -0.2) is 4.98 Å². The van der Waals surface area contributed by atoms with Gasteiger partial charge in [0.25, 0.3) is 0 Å². The number of anilines is 2. The summed E-state index contributed by atoms with van der Waals surface area (Å²) in [4.78, 5) is 6.36. The Morgan fingerprint density at radius 2 is 2.10 bits per heavy atom. The van der Waals surface area contributed by atoms with Crippen molar-refractivity contribution in [2.24, 2.45) is 0 Å². The van der Waals surface area contributed by atoms with Crippen LogP contribution in [0.25, 0.3) is 0 Å². The minimum Gasteiger partial charge on any atom is -0.399 e. The topological polar surface area (TPSA) is 65.9 Å². The maximum absolute atomic E-state index is 8.80. The van der Waals surface area contributed by atoms with Gasteiger partial charge in [-0.15, -0.1) is 0 Å². The summed E-state index contributed by atoms with van der Waals surface area (Å²) in [5, 5.41) is 8.80. The molecule has 4 heteroatoms. The number of aromatic nitrogens is 1. The molecular formula is C16H18N4. The number of nitrogens with two attached hydrogens (primary N) is 1. The van der Waals surface area contributed by atoms with Crippen LogP contribution in [0.1, 0.15) is 25.1 Å². The highest BCUT2D eigenvalue weighted by Crippen LogP contribution is 2.20. The Morgan fingerprint density at radius 1 is 1.30 bits per heavy atom. The lowest BCUT2D eigenvalue weighted by Crippen LogP contribution is -2.30. The number of pyridine rings is 1. The van der Waals surface area contributed by atoms with Crippen LogP contribution in [0.4, 0.5) is 11.4 Å². The second-order valence-corrected chi connectivity index (χ2v) is 4.98. The van der Waals surface area contributed by atoms with Crippen LogP contribution in [0, 0.1) is 11.3 Å². The molecule has 0 saturated carbocycles. The van der Waals surface area contributed by atoms with Crippen LogP contribution in [0.15, 0.2) is 42.6 Å². The quantitative estimate of drug-likeness (QED) is 0.864. The maximum Gasteiger partial charge on any atom is 0.140 e. The lowest BCUT2D eigenvalue weighted by molar-refractivity contribution is 0.681. The molecule has 0 fully saturated rings. The van der Waals surface area contributed by atoms with Crippen molar-refractivity contribution in [3.63, 3.8) is 0 Å². The molecule has 0 amide bonds. The smallest absolute Gasteiger partial charge is 0.140 e. The standard InChI is InChI=1S/C16H18N4/c1-12(2)20(11-13-4-3-5-14(18)8-13)16-7-6-15(9-17)19-10-16/h3-8,10,12H,11,18H2,1-2H3. The van der Waals surface area contributed by atoms with E-state index < -0.39 is 0 Å². The van der Waals surface area contributed by atoms with E-state index in [2.05, 4.69) is 29.8 Å². The summed E-state index contributed by atoms with van der Waals surface area (Å²) in [5.41, 5.74) is 9.18. The zero-order valence-electron chi connectivity index (χ0n) is 11.7. The van der Waals surface area contributed by atoms with E-state index in [1.807, 2.05) is 30.3 Å². The average molecular weight is 266 g/mol. The number of nitrogen functional groups attached to an aromatic ring is 1. The third-order valence-electron chi connectivity index (χ3n) is 3.12. The highest BCUT2D eigenvalue weighted by Gasteiger charge is 2.12. The molecule has 4 nitrogen and oxygen atoms in total. The van der Waals surface area contributed by atoms with Gasteiger partial charge < -0.3 is 10.6 Å². The molecule has 0 bridgehead atoms. The number of hydrogen-bond donors (Lipinski definition) is 1. The van der Waals surface area contributed by atoms with Crippen molar-refractivity contribution in [3.8, 4) is 6.07 Å². The van der Waals surface area contributed by atoms with E-state index >= 15 is 0 Å². The summed E-state index contributed by atoms with van der Waals surface area (Å²) in [6.07, 6.45) is 1.74. The Kier molecular flexibility index (Phi) is 4.21. The summed E-state index contributed by atoms with van der Waals surface area (Å²) < 4.78 is 0. The summed E-state index contributed by atoms with van der Waals surface area (Å²) in [6, 6.07) is 13.9. The van der Waals surface area contributed by atoms with E-state index in [1.165, 1.54) is 0 Å². The molecule has 2 rings (SSSR count). The average Bonchev–Trinajstić information content (AvgIpc) is 2.45. The van der Waals surface area contributed by atoms with Crippen molar-refractivity contribution in [2.75, 3.05) is 10.6 Å². The van der Waals surface area contributed by atoms with Crippen LogP contribution in [0.5, 0.6) is 0 Å². The number of nitrogens with zero attached hydrogens (tertiary/aromatic N) is 3. The van der Waals surface area contributed by atoms with E-state index in [4.69, 9.17) is 11.0 Å². The predicted molar refractivity (Wildman–Crippen MR) is 81.1 cm³/mol. The summed E-state index contributed by atoms with van der Waals surface area (Å²) >= 11 is 0. The molecule has 0 spiro atoms. The van der Waals surface area contributed by atoms with Gasteiger partial charge in [0.15, 0.2) is 0 Å². The molecule has 1 aromatic heterocycles. The number of rotatable bonds is 4. The minimum atomic E-state index is 0.325. The Balaban J connectivity index is 2.25. The van der Waals surface area contributed by atoms with E-state index in [0.717, 1.165) is 23.5 Å². The molecule has 20 heavy (non-hydrogen) atoms. The fourth-order valence-corrected chi connectivity index (χ4v) is 2.08. The van der Waals surface area contributed by atoms with Gasteiger partial charge in [-0.3, -0.25) is 0 Å². The van der Waals surface area contributed by atoms with Gasteiger partial charge in [-0.05, 0) is 43.7 Å². The van der Waals surface area contributed by atoms with Crippen molar-refractivity contribution in [1.82, 2.24) is 4.98 Å². The number of nitriles is 1. The maximum atomic E-state index is 8.80. The Labute approximate surface area is 119 Å². The first-order chi connectivity index (χ1) is 9.60. The first-order valence-electron chi connectivity index (χ1n) is 6.57. The van der Waals surface area contributed by atoms with Gasteiger partial charge in [0.1, 0.15) is 11.8 Å². The molecule has 2 N–H and O–H groups in total. The van der Waals surface area contributed by atoms with Gasteiger partial charge in [-0.1, -0.05) is 12.1 Å². The largest absolute Gasteiger partial charge is 0.399 e. The fourth-order valence-electron chi connectivity index (χ4n) is 2.08. The second kappa shape index (κ2) is 6.07. The minimum absolute atomic E-state index is 0.325. The van der Waals surface area contributed by atoms with Gasteiger partial charge in [0.05, 0.1) is 11.9 Å². The van der Waals surface area contributed by atoms with E-state index in [0.29, 0.717) is 11.7 Å². The SMILES string of the molecule is CC(C)N(Cc1cccc(N)c1)c1ccc(C#N)nc1. The molecule has 102 valence electrons. The molecule has 1 aromatic carbocycles. The van der Waals surface area contributed by atoms with Crippen molar-refractivity contribution in [3.05, 3.63) is 53.9 Å². The van der Waals surface area contributed by atoms with Crippen LogP contribution >= 0.6 is 0 Å². The van der Waals surface area contributed by atoms with Gasteiger partial charge in [0.2, 0.25) is 0 Å². The van der Waals surface area contributed by atoms with E-state index in [-0.39, 0.29) is 0 Å². The Bertz CT molecular complexity index is 611. The molecule has 0 saturated heterocycles. The van der Waals surface area contributed by atoms with Gasteiger partial charge in [0, 0.05) is 18.3 Å². The molecule has 0 unspecified atom stereocenters. The molecule has 0 aliphatic heterocycles. The van der Waals surface area contributed by atoms with Crippen LogP contribution < -0.4 is 10.6 Å². The highest BCUT2D eigenvalue weighted by molar-refractivity contribution is 5.49. The van der Waals surface area contributed by atoms with E-state index in [9.17, 15) is 0 Å². The Hall–Kier alpha value is -2.54. The molecule has 0 aliphatic rings. The van der Waals surface area contributed by atoms with Crippen molar-refractivity contribution < 1.29 is 0 Å². The van der Waals surface area contributed by atoms with Crippen LogP contribution in [0.3, 0.4) is 0 Å². The number of benzene rings is 1. The van der Waals surface area contributed by atoms with Crippen molar-refractivity contribution in [1.29, 1.82) is 5.26 Å². The first kappa shape index (κ1) is 13.9. The predicted octanol–water partition coefficient (Wildman–Crippen LogP) is 2.95. The van der Waals surface area contributed by atoms with Gasteiger partial charge in [-0.2, -0.15) is 5.26 Å². The van der Waals surface area contributed by atoms with Crippen LogP contribution in [-0.4, -0.2) is 11.0 Å². The third-order valence-corrected chi connectivity index (χ3v) is 3.12. The zero-order valence-corrected chi connectivity index (χ0v) is 11.7. The molecular weight excluding hydrogens is 248 g/mol. The number of hydrogen-bond acceptors (Lipinski definition) is 4. The highest BCUT2D eigenvalue weighted by atomic mass is 15.2. The third kappa shape index (κ3) is 3.27. The van der Waals surface area contributed by atoms with Crippen molar-refractivity contribution >= 4 is 11.4 Å². The molecule has 0 aliphatic carbocycles. The normalized spacial score (nSPS) is 10.3. The van der Waals surface area contributed by atoms with Gasteiger partial charge >= 0.3 is 0 Å². The second-order valence-electron chi connectivity index (χ2n) is 4.98. The Morgan fingerprint density at radius 3 is 2.65 bits per heavy atom. The lowest BCUT2D eigenvalue weighted by atomic mass is 10.1. The molecule has 0 atom stereocenters. The molecule has 1 heterocycles. The fraction of sp³-hybridized carbons (Fsp3) is 0.250. The first-order valence-corrected chi connectivity index (χ1v) is 6.57. The zero-order chi connectivity index (χ0) is 14.5. The lowest BCUT2D eigenvalue weighted by Gasteiger charge is -2.29. The monoisotopic (exact) mass is 266 g/mol. The van der Waals surface area contributed by atoms with Crippen LogP contribution in [0.2, 0.25) is 0 Å². The summed E-state index contributed by atoms with van der Waals surface area (Å²) in [6.45, 7) is 5.02. The summed E-state index contributed by atoms with van der Waals surface area (Å²) in [5.74, 6) is 0. The summed E-state index contributed by atoms with van der Waals surface area (Å²) in [7, 11) is 0. The van der Waals surface area contributed by atoms with E-state index in [1.54, 1.807) is 12.3 Å².